The fourth-order valence-electron chi connectivity index (χ4n) is 3.06. The fourth-order valence-corrected chi connectivity index (χ4v) is 4.77. The van der Waals surface area contributed by atoms with E-state index < -0.39 is 10.0 Å². The summed E-state index contributed by atoms with van der Waals surface area (Å²) >= 11 is 0. The minimum atomic E-state index is -3.49. The molecule has 0 fully saturated rings. The average Bonchev–Trinajstić information content (AvgIpc) is 2.92. The van der Waals surface area contributed by atoms with Crippen molar-refractivity contribution in [1.82, 2.24) is 13.9 Å². The molecule has 0 radical (unpaired) electrons. The second-order valence-electron chi connectivity index (χ2n) is 6.50. The zero-order valence-corrected chi connectivity index (χ0v) is 14.9. The van der Waals surface area contributed by atoms with Crippen molar-refractivity contribution in [2.24, 2.45) is 0 Å². The maximum absolute atomic E-state index is 13.1. The second kappa shape index (κ2) is 5.76. The lowest BCUT2D eigenvalue weighted by Crippen LogP contribution is -2.37. The first-order valence-electron chi connectivity index (χ1n) is 7.92. The summed E-state index contributed by atoms with van der Waals surface area (Å²) in [5, 5.41) is 0. The molecular formula is C17H23N3O2S. The molecule has 23 heavy (non-hydrogen) atoms. The summed E-state index contributed by atoms with van der Waals surface area (Å²) in [6, 6.07) is 5.85. The van der Waals surface area contributed by atoms with Crippen LogP contribution >= 0.6 is 0 Å². The monoisotopic (exact) mass is 333 g/mol. The first-order valence-corrected chi connectivity index (χ1v) is 9.36. The summed E-state index contributed by atoms with van der Waals surface area (Å²) in [6.45, 7) is 8.81. The van der Waals surface area contributed by atoms with Crippen LogP contribution in [0.4, 0.5) is 0 Å². The highest BCUT2D eigenvalue weighted by atomic mass is 32.2. The Kier molecular flexibility index (Phi) is 4.06. The molecule has 1 aromatic heterocycles. The number of aryl methyl sites for hydroxylation is 2. The Bertz CT molecular complexity index is 838. The van der Waals surface area contributed by atoms with E-state index in [0.29, 0.717) is 24.4 Å². The van der Waals surface area contributed by atoms with E-state index >= 15 is 0 Å². The molecule has 0 aliphatic carbocycles. The average molecular weight is 333 g/mol. The van der Waals surface area contributed by atoms with Crippen molar-refractivity contribution in [3.8, 4) is 0 Å². The Morgan fingerprint density at radius 2 is 1.96 bits per heavy atom. The largest absolute Gasteiger partial charge is 0.331 e. The van der Waals surface area contributed by atoms with E-state index in [1.807, 2.05) is 32.3 Å². The highest BCUT2D eigenvalue weighted by Crippen LogP contribution is 2.28. The van der Waals surface area contributed by atoms with Crippen LogP contribution in [-0.2, 0) is 23.0 Å². The zero-order chi connectivity index (χ0) is 16.8. The quantitative estimate of drug-likeness (QED) is 0.868. The summed E-state index contributed by atoms with van der Waals surface area (Å²) in [7, 11) is -3.49. The molecule has 0 amide bonds. The van der Waals surface area contributed by atoms with E-state index in [1.165, 1.54) is 0 Å². The molecule has 0 spiro atoms. The van der Waals surface area contributed by atoms with E-state index in [4.69, 9.17) is 0 Å². The van der Waals surface area contributed by atoms with Crippen LogP contribution in [-0.4, -0.2) is 28.8 Å². The SMILES string of the molecule is Cc1ccc(C)c(S(=O)(=O)N2CCc3ncn(C(C)C)c3C2)c1. The Hall–Kier alpha value is -1.66. The number of nitrogens with zero attached hydrogens (tertiary/aromatic N) is 3. The van der Waals surface area contributed by atoms with Gasteiger partial charge in [-0.1, -0.05) is 12.1 Å². The molecule has 2 heterocycles. The van der Waals surface area contributed by atoms with Gasteiger partial charge in [-0.15, -0.1) is 0 Å². The highest BCUT2D eigenvalue weighted by molar-refractivity contribution is 7.89. The van der Waals surface area contributed by atoms with Crippen LogP contribution in [0, 0.1) is 13.8 Å². The van der Waals surface area contributed by atoms with Gasteiger partial charge in [0.15, 0.2) is 0 Å². The molecule has 1 aromatic carbocycles. The number of sulfonamides is 1. The van der Waals surface area contributed by atoms with E-state index in [9.17, 15) is 8.42 Å². The molecular weight excluding hydrogens is 310 g/mol. The molecule has 1 aliphatic rings. The summed E-state index contributed by atoms with van der Waals surface area (Å²) in [5.74, 6) is 0. The highest BCUT2D eigenvalue weighted by Gasteiger charge is 2.31. The van der Waals surface area contributed by atoms with Crippen molar-refractivity contribution >= 4 is 10.0 Å². The third-order valence-corrected chi connectivity index (χ3v) is 6.41. The molecule has 0 saturated carbocycles. The third kappa shape index (κ3) is 2.81. The van der Waals surface area contributed by atoms with Gasteiger partial charge in [0.2, 0.25) is 10.0 Å². The van der Waals surface area contributed by atoms with Gasteiger partial charge >= 0.3 is 0 Å². The second-order valence-corrected chi connectivity index (χ2v) is 8.40. The minimum absolute atomic E-state index is 0.273. The molecule has 2 aromatic rings. The van der Waals surface area contributed by atoms with E-state index in [1.54, 1.807) is 10.4 Å². The normalized spacial score (nSPS) is 15.9. The van der Waals surface area contributed by atoms with Crippen molar-refractivity contribution in [3.05, 3.63) is 47.0 Å². The summed E-state index contributed by atoms with van der Waals surface area (Å²) in [5.41, 5.74) is 3.78. The number of hydrogen-bond acceptors (Lipinski definition) is 3. The number of fused-ring (bicyclic) bond motifs is 1. The summed E-state index contributed by atoms with van der Waals surface area (Å²) in [6.07, 6.45) is 2.49. The van der Waals surface area contributed by atoms with Crippen LogP contribution in [0.15, 0.2) is 29.4 Å². The van der Waals surface area contributed by atoms with Gasteiger partial charge in [-0.2, -0.15) is 4.31 Å². The van der Waals surface area contributed by atoms with Crippen molar-refractivity contribution in [1.29, 1.82) is 0 Å². The third-order valence-electron chi connectivity index (χ3n) is 4.42. The minimum Gasteiger partial charge on any atom is -0.331 e. The predicted octanol–water partition coefficient (Wildman–Crippen LogP) is 2.83. The first kappa shape index (κ1) is 16.2. The maximum atomic E-state index is 13.1. The van der Waals surface area contributed by atoms with Gasteiger partial charge in [-0.05, 0) is 44.9 Å². The molecule has 6 heteroatoms. The Labute approximate surface area is 138 Å². The van der Waals surface area contributed by atoms with Gasteiger partial charge < -0.3 is 4.57 Å². The molecule has 0 atom stereocenters. The van der Waals surface area contributed by atoms with Crippen LogP contribution in [0.1, 0.15) is 42.4 Å². The van der Waals surface area contributed by atoms with Gasteiger partial charge in [0, 0.05) is 19.0 Å². The van der Waals surface area contributed by atoms with Crippen LogP contribution in [0.3, 0.4) is 0 Å². The lowest BCUT2D eigenvalue weighted by Gasteiger charge is -2.28. The van der Waals surface area contributed by atoms with Gasteiger partial charge in [0.05, 0.1) is 29.2 Å². The standard InChI is InChI=1S/C17H23N3O2S/c1-12(2)20-11-18-15-7-8-19(10-16(15)20)23(21,22)17-9-13(3)5-6-14(17)4/h5-6,9,11-12H,7-8,10H2,1-4H3. The molecule has 124 valence electrons. The van der Waals surface area contributed by atoms with Crippen LogP contribution in [0.25, 0.3) is 0 Å². The summed E-state index contributed by atoms with van der Waals surface area (Å²) in [4.78, 5) is 4.85. The Morgan fingerprint density at radius 3 is 2.65 bits per heavy atom. The van der Waals surface area contributed by atoms with Crippen molar-refractivity contribution < 1.29 is 8.42 Å². The molecule has 0 saturated heterocycles. The zero-order valence-electron chi connectivity index (χ0n) is 14.1. The van der Waals surface area contributed by atoms with E-state index in [-0.39, 0.29) is 6.04 Å². The van der Waals surface area contributed by atoms with Gasteiger partial charge in [0.1, 0.15) is 0 Å². The van der Waals surface area contributed by atoms with E-state index in [2.05, 4.69) is 23.4 Å². The molecule has 3 rings (SSSR count). The van der Waals surface area contributed by atoms with Crippen molar-refractivity contribution in [2.45, 2.75) is 51.6 Å². The fraction of sp³-hybridized carbons (Fsp3) is 0.471. The van der Waals surface area contributed by atoms with Crippen LogP contribution < -0.4 is 0 Å². The number of aromatic nitrogens is 2. The lowest BCUT2D eigenvalue weighted by molar-refractivity contribution is 0.372. The van der Waals surface area contributed by atoms with Crippen molar-refractivity contribution in [3.63, 3.8) is 0 Å². The Balaban J connectivity index is 1.99. The van der Waals surface area contributed by atoms with E-state index in [0.717, 1.165) is 22.5 Å². The maximum Gasteiger partial charge on any atom is 0.243 e. The number of benzene rings is 1. The number of imidazole rings is 1. The topological polar surface area (TPSA) is 55.2 Å². The summed E-state index contributed by atoms with van der Waals surface area (Å²) < 4.78 is 29.8. The van der Waals surface area contributed by atoms with Crippen LogP contribution in [0.5, 0.6) is 0 Å². The van der Waals surface area contributed by atoms with Crippen molar-refractivity contribution in [2.75, 3.05) is 6.54 Å². The Morgan fingerprint density at radius 1 is 1.22 bits per heavy atom. The van der Waals surface area contributed by atoms with Gasteiger partial charge in [-0.3, -0.25) is 0 Å². The smallest absolute Gasteiger partial charge is 0.243 e. The van der Waals surface area contributed by atoms with Crippen LogP contribution in [0.2, 0.25) is 0 Å². The van der Waals surface area contributed by atoms with Gasteiger partial charge in [-0.25, -0.2) is 13.4 Å². The predicted molar refractivity (Wildman–Crippen MR) is 89.8 cm³/mol. The lowest BCUT2D eigenvalue weighted by atomic mass is 10.2. The first-order chi connectivity index (χ1) is 10.8. The van der Waals surface area contributed by atoms with Gasteiger partial charge in [0.25, 0.3) is 0 Å². The molecule has 5 nitrogen and oxygen atoms in total. The molecule has 1 aliphatic heterocycles. The molecule has 0 bridgehead atoms. The number of hydrogen-bond donors (Lipinski definition) is 0. The molecule has 0 unspecified atom stereocenters. The molecule has 0 N–H and O–H groups in total. The number of rotatable bonds is 3.